The molecule has 0 unspecified atom stereocenters. The van der Waals surface area contributed by atoms with E-state index < -0.39 is 106 Å². The zero-order chi connectivity index (χ0) is 41.7. The molecule has 1 amide bonds. The van der Waals surface area contributed by atoms with E-state index in [9.17, 15) is 103 Å². The van der Waals surface area contributed by atoms with Gasteiger partial charge in [-0.05, 0) is 18.6 Å². The summed E-state index contributed by atoms with van der Waals surface area (Å²) in [6, 6.07) is -0.324. The van der Waals surface area contributed by atoms with Crippen molar-refractivity contribution in [2.24, 2.45) is 9.98 Å². The predicted octanol–water partition coefficient (Wildman–Crippen LogP) is 7.92. The van der Waals surface area contributed by atoms with Gasteiger partial charge in [-0.1, -0.05) is 0 Å². The standard InChI is InChI=1S/C23H10F21N3O5/c1-7-9(45-4-48)3-10(46-5-49)12(11(7)13(51)47-6-52-8(2)50)14(24,25)15(26,27)16(28,29)17(30,31)18(32,33)19(34,35)20(36,37)21(38,39)22(40,41)23(42,43)44/h3H,6H2,1-2H3,(H,47,51). The van der Waals surface area contributed by atoms with Crippen LogP contribution in [0.3, 0.4) is 0 Å². The van der Waals surface area contributed by atoms with Crippen LogP contribution in [0.5, 0.6) is 0 Å². The summed E-state index contributed by atoms with van der Waals surface area (Å²) in [4.78, 5) is 49.9. The number of rotatable bonds is 14. The number of carbonyl (C=O) groups excluding carboxylic acids is 4. The Labute approximate surface area is 270 Å². The van der Waals surface area contributed by atoms with Crippen LogP contribution in [-0.4, -0.2) is 84.3 Å². The third kappa shape index (κ3) is 6.40. The quantitative estimate of drug-likeness (QED) is 0.0675. The van der Waals surface area contributed by atoms with E-state index in [0.29, 0.717) is 13.0 Å². The number of benzene rings is 1. The number of hydrogen-bond acceptors (Lipinski definition) is 7. The third-order valence-electron chi connectivity index (χ3n) is 6.43. The van der Waals surface area contributed by atoms with Crippen LogP contribution in [0.2, 0.25) is 0 Å². The average molecular weight is 807 g/mol. The number of aliphatic imine (C=N–C) groups is 2. The number of nitrogens with zero attached hydrogens (tertiary/aromatic N) is 2. The number of carbonyl (C=O) groups is 2. The van der Waals surface area contributed by atoms with Crippen molar-refractivity contribution in [3.63, 3.8) is 0 Å². The molecule has 0 saturated heterocycles. The normalized spacial score (nSPS) is 14.3. The van der Waals surface area contributed by atoms with E-state index in [-0.39, 0.29) is 19.1 Å². The molecule has 29 heteroatoms. The molecule has 0 saturated carbocycles. The van der Waals surface area contributed by atoms with Gasteiger partial charge >= 0.3 is 65.4 Å². The van der Waals surface area contributed by atoms with Crippen molar-refractivity contribution in [3.8, 4) is 0 Å². The number of nitrogens with one attached hydrogen (secondary N) is 1. The van der Waals surface area contributed by atoms with E-state index in [0.717, 1.165) is 0 Å². The molecule has 0 aliphatic heterocycles. The highest BCUT2D eigenvalue weighted by molar-refractivity contribution is 6.00. The maximum atomic E-state index is 15.5. The minimum absolute atomic E-state index is 0.233. The molecule has 0 atom stereocenters. The zero-order valence-corrected chi connectivity index (χ0v) is 24.2. The molecular formula is C23H10F21N3O5. The van der Waals surface area contributed by atoms with Crippen LogP contribution in [-0.2, 0) is 25.0 Å². The lowest BCUT2D eigenvalue weighted by atomic mass is 9.83. The SMILES string of the molecule is CC(=O)OCNC(=O)c1c(C)c(N=C=O)cc(N=C=O)c1C(F)(F)C(F)(F)C(F)(F)C(F)(F)C(F)(F)C(F)(F)C(F)(F)C(F)(F)C(F)(F)C(F)(F)F. The molecule has 8 nitrogen and oxygen atoms in total. The summed E-state index contributed by atoms with van der Waals surface area (Å²) < 4.78 is 297. The highest BCUT2D eigenvalue weighted by Crippen LogP contribution is 2.67. The largest absolute Gasteiger partial charge is 0.460 e. The number of esters is 1. The maximum Gasteiger partial charge on any atom is 0.460 e. The van der Waals surface area contributed by atoms with Gasteiger partial charge in [-0.25, -0.2) is 9.59 Å². The Bertz CT molecular complexity index is 1680. The fourth-order valence-electron chi connectivity index (χ4n) is 3.66. The summed E-state index contributed by atoms with van der Waals surface area (Å²) in [6.07, 6.45) is -7.28. The Morgan fingerprint density at radius 1 is 0.615 bits per heavy atom. The number of alkyl halides is 21. The minimum atomic E-state index is -9.44. The molecular weight excluding hydrogens is 797 g/mol. The van der Waals surface area contributed by atoms with E-state index in [1.165, 1.54) is 5.32 Å². The van der Waals surface area contributed by atoms with Crippen molar-refractivity contribution in [1.29, 1.82) is 0 Å². The first-order valence-corrected chi connectivity index (χ1v) is 12.1. The van der Waals surface area contributed by atoms with Gasteiger partial charge in [-0.2, -0.15) is 102 Å². The summed E-state index contributed by atoms with van der Waals surface area (Å²) in [5, 5.41) is 1.25. The highest BCUT2D eigenvalue weighted by Gasteiger charge is 2.98. The lowest BCUT2D eigenvalue weighted by molar-refractivity contribution is -0.474. The maximum absolute atomic E-state index is 15.5. The highest BCUT2D eigenvalue weighted by atomic mass is 19.4. The smallest absolute Gasteiger partial charge is 0.445 e. The molecule has 0 fully saturated rings. The molecule has 1 aromatic carbocycles. The predicted molar refractivity (Wildman–Crippen MR) is 120 cm³/mol. The van der Waals surface area contributed by atoms with Gasteiger partial charge in [0, 0.05) is 6.92 Å². The molecule has 52 heavy (non-hydrogen) atoms. The molecule has 1 rings (SSSR count). The van der Waals surface area contributed by atoms with E-state index in [2.05, 4.69) is 14.7 Å². The Balaban J connectivity index is 4.27. The lowest BCUT2D eigenvalue weighted by Gasteiger charge is -2.44. The van der Waals surface area contributed by atoms with Crippen molar-refractivity contribution >= 4 is 35.4 Å². The van der Waals surface area contributed by atoms with Gasteiger partial charge in [0.1, 0.15) is 0 Å². The van der Waals surface area contributed by atoms with E-state index in [1.807, 2.05) is 0 Å². The molecule has 0 spiro atoms. The molecule has 0 aromatic heterocycles. The van der Waals surface area contributed by atoms with Crippen molar-refractivity contribution in [2.45, 2.75) is 73.3 Å². The fraction of sp³-hybridized carbons (Fsp3) is 0.565. The Morgan fingerprint density at radius 3 is 1.31 bits per heavy atom. The van der Waals surface area contributed by atoms with Gasteiger partial charge in [-0.15, -0.1) is 0 Å². The third-order valence-corrected chi connectivity index (χ3v) is 6.43. The summed E-state index contributed by atoms with van der Waals surface area (Å²) >= 11 is 0. The van der Waals surface area contributed by atoms with Crippen LogP contribution in [0.1, 0.15) is 28.4 Å². The van der Waals surface area contributed by atoms with Crippen LogP contribution in [0.15, 0.2) is 16.1 Å². The lowest BCUT2D eigenvalue weighted by Crippen LogP contribution is -2.76. The minimum Gasteiger partial charge on any atom is -0.445 e. The van der Waals surface area contributed by atoms with Crippen molar-refractivity contribution in [1.82, 2.24) is 5.32 Å². The van der Waals surface area contributed by atoms with Gasteiger partial charge in [0.25, 0.3) is 5.91 Å². The number of halogens is 21. The second-order valence-electron chi connectivity index (χ2n) is 9.65. The van der Waals surface area contributed by atoms with Crippen molar-refractivity contribution < 1.29 is 116 Å². The molecule has 0 bridgehead atoms. The Morgan fingerprint density at radius 2 is 0.962 bits per heavy atom. The second-order valence-corrected chi connectivity index (χ2v) is 9.65. The number of amides is 1. The van der Waals surface area contributed by atoms with Crippen LogP contribution >= 0.6 is 0 Å². The molecule has 0 heterocycles. The van der Waals surface area contributed by atoms with Gasteiger partial charge in [-0.3, -0.25) is 9.59 Å². The molecule has 0 radical (unpaired) electrons. The van der Waals surface area contributed by atoms with Gasteiger partial charge in [0.15, 0.2) is 6.73 Å². The Hall–Kier alpha value is -4.55. The molecule has 294 valence electrons. The van der Waals surface area contributed by atoms with E-state index >= 15 is 8.78 Å². The van der Waals surface area contributed by atoms with Gasteiger partial charge in [0.05, 0.1) is 22.5 Å². The number of ether oxygens (including phenoxy) is 1. The molecule has 1 aromatic rings. The number of isocyanates is 2. The summed E-state index contributed by atoms with van der Waals surface area (Å²) in [5.74, 6) is -84.1. The van der Waals surface area contributed by atoms with Crippen LogP contribution in [0.25, 0.3) is 0 Å². The van der Waals surface area contributed by atoms with Crippen molar-refractivity contribution in [3.05, 3.63) is 22.8 Å². The summed E-state index contributed by atoms with van der Waals surface area (Å²) in [7, 11) is 0. The fourth-order valence-corrected chi connectivity index (χ4v) is 3.66. The number of hydrogen-bond donors (Lipinski definition) is 1. The molecule has 0 aliphatic carbocycles. The van der Waals surface area contributed by atoms with Crippen molar-refractivity contribution in [2.75, 3.05) is 6.73 Å². The molecule has 1 N–H and O–H groups in total. The first-order chi connectivity index (χ1) is 22.9. The van der Waals surface area contributed by atoms with Gasteiger partial charge < -0.3 is 10.1 Å². The summed E-state index contributed by atoms with van der Waals surface area (Å²) in [5.41, 5.74) is -10.7. The summed E-state index contributed by atoms with van der Waals surface area (Å²) in [6.45, 7) is -0.637. The van der Waals surface area contributed by atoms with Crippen LogP contribution < -0.4 is 5.32 Å². The van der Waals surface area contributed by atoms with Gasteiger partial charge in [0.2, 0.25) is 12.2 Å². The van der Waals surface area contributed by atoms with Crippen LogP contribution in [0, 0.1) is 6.92 Å². The van der Waals surface area contributed by atoms with E-state index in [1.54, 1.807) is 0 Å². The van der Waals surface area contributed by atoms with Crippen LogP contribution in [0.4, 0.5) is 104 Å². The second kappa shape index (κ2) is 13.5. The Kier molecular flexibility index (Phi) is 11.8. The van der Waals surface area contributed by atoms with E-state index in [4.69, 9.17) is 0 Å². The zero-order valence-electron chi connectivity index (χ0n) is 24.2. The first kappa shape index (κ1) is 45.5. The average Bonchev–Trinajstić information content (AvgIpc) is 2.96. The molecule has 0 aliphatic rings. The topological polar surface area (TPSA) is 114 Å². The first-order valence-electron chi connectivity index (χ1n) is 12.1. The monoisotopic (exact) mass is 807 g/mol.